The normalized spacial score (nSPS) is 10.7. The average molecular weight is 285 g/mol. The summed E-state index contributed by atoms with van der Waals surface area (Å²) in [5, 5.41) is 12.7. The van der Waals surface area contributed by atoms with E-state index in [2.05, 4.69) is 0 Å². The van der Waals surface area contributed by atoms with Crippen molar-refractivity contribution in [3.05, 3.63) is 71.2 Å². The first-order chi connectivity index (χ1) is 9.74. The van der Waals surface area contributed by atoms with Gasteiger partial charge in [0.05, 0.1) is 0 Å². The molecule has 0 aliphatic heterocycles. The highest BCUT2D eigenvalue weighted by atomic mass is 35.5. The monoisotopic (exact) mass is 284 g/mol. The van der Waals surface area contributed by atoms with Gasteiger partial charge in [-0.15, -0.1) is 0 Å². The van der Waals surface area contributed by atoms with Gasteiger partial charge < -0.3 is 9.84 Å². The Morgan fingerprint density at radius 2 is 1.55 bits per heavy atom. The highest BCUT2D eigenvalue weighted by Gasteiger charge is 2.06. The summed E-state index contributed by atoms with van der Waals surface area (Å²) in [6.45, 7) is 0.325. The first-order valence-electron chi connectivity index (χ1n) is 6.32. The molecule has 0 bridgehead atoms. The highest BCUT2D eigenvalue weighted by molar-refractivity contribution is 6.31. The number of hydrogen-bond acceptors (Lipinski definition) is 2. The summed E-state index contributed by atoms with van der Waals surface area (Å²) in [6, 6.07) is 18.9. The van der Waals surface area contributed by atoms with Crippen LogP contribution in [-0.2, 0) is 6.61 Å². The van der Waals surface area contributed by atoms with E-state index in [4.69, 9.17) is 16.3 Å². The second kappa shape index (κ2) is 5.43. The van der Waals surface area contributed by atoms with Gasteiger partial charge >= 0.3 is 0 Å². The number of aromatic hydroxyl groups is 1. The predicted molar refractivity (Wildman–Crippen MR) is 81.4 cm³/mol. The number of rotatable bonds is 3. The van der Waals surface area contributed by atoms with Crippen molar-refractivity contribution in [2.45, 2.75) is 6.61 Å². The first kappa shape index (κ1) is 12.8. The van der Waals surface area contributed by atoms with Gasteiger partial charge in [-0.3, -0.25) is 0 Å². The van der Waals surface area contributed by atoms with Crippen molar-refractivity contribution in [3.63, 3.8) is 0 Å². The Balaban J connectivity index is 1.87. The summed E-state index contributed by atoms with van der Waals surface area (Å²) in [7, 11) is 0. The number of phenolic OH excluding ortho intramolecular Hbond substituents is 1. The summed E-state index contributed by atoms with van der Waals surface area (Å²) >= 11 is 6.08. The molecule has 0 atom stereocenters. The maximum absolute atomic E-state index is 10.00. The third kappa shape index (κ3) is 2.56. The van der Waals surface area contributed by atoms with E-state index in [0.717, 1.165) is 16.3 Å². The fraction of sp³-hybridized carbons (Fsp3) is 0.0588. The van der Waals surface area contributed by atoms with E-state index in [9.17, 15) is 5.11 Å². The molecular formula is C17H13ClO2. The standard InChI is InChI=1S/C17H13ClO2/c18-15-8-4-3-7-14(15)11-20-17-10-13-6-2-1-5-12(13)9-16(17)19/h1-10,19H,11H2. The van der Waals surface area contributed by atoms with Gasteiger partial charge in [0.2, 0.25) is 0 Å². The van der Waals surface area contributed by atoms with Crippen molar-refractivity contribution in [3.8, 4) is 11.5 Å². The summed E-state index contributed by atoms with van der Waals surface area (Å²) < 4.78 is 5.68. The van der Waals surface area contributed by atoms with Gasteiger partial charge in [-0.1, -0.05) is 54.1 Å². The van der Waals surface area contributed by atoms with Crippen LogP contribution in [0.15, 0.2) is 60.7 Å². The van der Waals surface area contributed by atoms with Crippen LogP contribution < -0.4 is 4.74 Å². The van der Waals surface area contributed by atoms with Crippen LogP contribution in [0, 0.1) is 0 Å². The third-order valence-corrected chi connectivity index (χ3v) is 3.54. The van der Waals surface area contributed by atoms with Crippen LogP contribution in [0.2, 0.25) is 5.02 Å². The maximum atomic E-state index is 10.00. The molecule has 0 fully saturated rings. The van der Waals surface area contributed by atoms with Crippen LogP contribution in [0.1, 0.15) is 5.56 Å². The Morgan fingerprint density at radius 3 is 2.30 bits per heavy atom. The molecule has 20 heavy (non-hydrogen) atoms. The molecule has 0 heterocycles. The van der Waals surface area contributed by atoms with Crippen molar-refractivity contribution in [1.82, 2.24) is 0 Å². The Kier molecular flexibility index (Phi) is 3.48. The Morgan fingerprint density at radius 1 is 0.900 bits per heavy atom. The molecule has 2 nitrogen and oxygen atoms in total. The summed E-state index contributed by atoms with van der Waals surface area (Å²) in [5.41, 5.74) is 0.890. The van der Waals surface area contributed by atoms with Crippen LogP contribution in [0.5, 0.6) is 11.5 Å². The van der Waals surface area contributed by atoms with Crippen molar-refractivity contribution in [2.24, 2.45) is 0 Å². The van der Waals surface area contributed by atoms with Gasteiger partial charge in [-0.25, -0.2) is 0 Å². The van der Waals surface area contributed by atoms with Crippen LogP contribution in [0.3, 0.4) is 0 Å². The molecular weight excluding hydrogens is 272 g/mol. The Hall–Kier alpha value is -2.19. The maximum Gasteiger partial charge on any atom is 0.162 e. The molecule has 0 unspecified atom stereocenters. The van der Waals surface area contributed by atoms with Crippen LogP contribution in [0.4, 0.5) is 0 Å². The summed E-state index contributed by atoms with van der Waals surface area (Å²) in [5.74, 6) is 0.597. The first-order valence-corrected chi connectivity index (χ1v) is 6.70. The molecule has 0 amide bonds. The quantitative estimate of drug-likeness (QED) is 0.750. The lowest BCUT2D eigenvalue weighted by Crippen LogP contribution is -1.96. The molecule has 3 heteroatoms. The van der Waals surface area contributed by atoms with E-state index < -0.39 is 0 Å². The smallest absolute Gasteiger partial charge is 0.162 e. The van der Waals surface area contributed by atoms with Gasteiger partial charge in [0, 0.05) is 10.6 Å². The molecule has 3 rings (SSSR count). The minimum atomic E-state index is 0.135. The number of fused-ring (bicyclic) bond motifs is 1. The fourth-order valence-electron chi connectivity index (χ4n) is 2.09. The Bertz CT molecular complexity index is 753. The number of benzene rings is 3. The lowest BCUT2D eigenvalue weighted by molar-refractivity contribution is 0.289. The minimum Gasteiger partial charge on any atom is -0.504 e. The predicted octanol–water partition coefficient (Wildman–Crippen LogP) is 4.78. The highest BCUT2D eigenvalue weighted by Crippen LogP contribution is 2.32. The molecule has 1 N–H and O–H groups in total. The topological polar surface area (TPSA) is 29.5 Å². The van der Waals surface area contributed by atoms with E-state index in [1.807, 2.05) is 54.6 Å². The van der Waals surface area contributed by atoms with Gasteiger partial charge in [0.15, 0.2) is 11.5 Å². The van der Waals surface area contributed by atoms with E-state index in [1.165, 1.54) is 0 Å². The zero-order chi connectivity index (χ0) is 13.9. The number of halogens is 1. The Labute approximate surface area is 122 Å². The van der Waals surface area contributed by atoms with E-state index in [0.29, 0.717) is 17.4 Å². The summed E-state index contributed by atoms with van der Waals surface area (Å²) in [4.78, 5) is 0. The van der Waals surface area contributed by atoms with Crippen LogP contribution in [-0.4, -0.2) is 5.11 Å². The molecule has 0 aromatic heterocycles. The molecule has 0 saturated carbocycles. The molecule has 0 saturated heterocycles. The average Bonchev–Trinajstić information content (AvgIpc) is 2.46. The molecule has 0 spiro atoms. The van der Waals surface area contributed by atoms with Gasteiger partial charge in [-0.2, -0.15) is 0 Å². The zero-order valence-corrected chi connectivity index (χ0v) is 11.5. The van der Waals surface area contributed by atoms with Gasteiger partial charge in [0.1, 0.15) is 6.61 Å². The zero-order valence-electron chi connectivity index (χ0n) is 10.7. The second-order valence-electron chi connectivity index (χ2n) is 4.55. The molecule has 0 aliphatic carbocycles. The molecule has 0 aliphatic rings. The molecule has 3 aromatic carbocycles. The number of phenols is 1. The second-order valence-corrected chi connectivity index (χ2v) is 4.95. The van der Waals surface area contributed by atoms with Crippen LogP contribution >= 0.6 is 11.6 Å². The number of ether oxygens (including phenoxy) is 1. The van der Waals surface area contributed by atoms with E-state index in [-0.39, 0.29) is 5.75 Å². The van der Waals surface area contributed by atoms with Crippen molar-refractivity contribution in [1.29, 1.82) is 0 Å². The SMILES string of the molecule is Oc1cc2ccccc2cc1OCc1ccccc1Cl. The largest absolute Gasteiger partial charge is 0.504 e. The summed E-state index contributed by atoms with van der Waals surface area (Å²) in [6.07, 6.45) is 0. The van der Waals surface area contributed by atoms with Gasteiger partial charge in [0.25, 0.3) is 0 Å². The van der Waals surface area contributed by atoms with E-state index >= 15 is 0 Å². The minimum absolute atomic E-state index is 0.135. The fourth-order valence-corrected chi connectivity index (χ4v) is 2.28. The molecule has 100 valence electrons. The van der Waals surface area contributed by atoms with Gasteiger partial charge in [-0.05, 0) is 29.0 Å². The molecule has 3 aromatic rings. The lowest BCUT2D eigenvalue weighted by atomic mass is 10.1. The van der Waals surface area contributed by atoms with Crippen molar-refractivity contribution >= 4 is 22.4 Å². The third-order valence-electron chi connectivity index (χ3n) is 3.17. The van der Waals surface area contributed by atoms with Crippen molar-refractivity contribution < 1.29 is 9.84 Å². The number of hydrogen-bond donors (Lipinski definition) is 1. The van der Waals surface area contributed by atoms with E-state index in [1.54, 1.807) is 6.07 Å². The van der Waals surface area contributed by atoms with Crippen molar-refractivity contribution in [2.75, 3.05) is 0 Å². The lowest BCUT2D eigenvalue weighted by Gasteiger charge is -2.10. The molecule has 0 radical (unpaired) electrons. The van der Waals surface area contributed by atoms with Crippen LogP contribution in [0.25, 0.3) is 10.8 Å².